The molecule has 114 valence electrons. The minimum Gasteiger partial charge on any atom is -0.359 e. The van der Waals surface area contributed by atoms with Gasteiger partial charge in [0.1, 0.15) is 12.9 Å². The van der Waals surface area contributed by atoms with E-state index < -0.39 is 22.4 Å². The number of pyridine rings is 1. The van der Waals surface area contributed by atoms with Crippen molar-refractivity contribution in [3.63, 3.8) is 0 Å². The second kappa shape index (κ2) is 7.51. The van der Waals surface area contributed by atoms with E-state index in [1.165, 1.54) is 26.4 Å². The van der Waals surface area contributed by atoms with Gasteiger partial charge in [-0.2, -0.15) is 13.1 Å². The van der Waals surface area contributed by atoms with Gasteiger partial charge in [0.05, 0.1) is 16.1 Å². The van der Waals surface area contributed by atoms with E-state index in [0.29, 0.717) is 5.56 Å². The fourth-order valence-corrected chi connectivity index (χ4v) is 2.78. The molecule has 0 aromatic carbocycles. The summed E-state index contributed by atoms with van der Waals surface area (Å²) >= 11 is 12.0. The van der Waals surface area contributed by atoms with Gasteiger partial charge >= 0.3 is 10.3 Å². The molecule has 0 unspecified atom stereocenters. The predicted molar refractivity (Wildman–Crippen MR) is 74.1 cm³/mol. The number of hydrogen-bond acceptors (Lipinski definition) is 5. The summed E-state index contributed by atoms with van der Waals surface area (Å²) in [6.07, 6.45) is 1.85. The summed E-state index contributed by atoms with van der Waals surface area (Å²) in [6.45, 7) is 1.37. The van der Waals surface area contributed by atoms with E-state index in [9.17, 15) is 8.42 Å². The van der Waals surface area contributed by atoms with Crippen molar-refractivity contribution in [3.05, 3.63) is 28.0 Å². The number of ether oxygens (including phenoxy) is 2. The van der Waals surface area contributed by atoms with Crippen LogP contribution in [0.5, 0.6) is 0 Å². The molecule has 2 N–H and O–H groups in total. The summed E-state index contributed by atoms with van der Waals surface area (Å²) in [6, 6.07) is -0.836. The van der Waals surface area contributed by atoms with Crippen LogP contribution in [-0.4, -0.2) is 37.9 Å². The Labute approximate surface area is 127 Å². The first-order valence-corrected chi connectivity index (χ1v) is 7.60. The third-order valence-corrected chi connectivity index (χ3v) is 3.60. The van der Waals surface area contributed by atoms with Gasteiger partial charge in [-0.05, 0) is 6.92 Å². The van der Waals surface area contributed by atoms with Crippen molar-refractivity contribution in [1.29, 1.82) is 0 Å². The molecular formula is C10H14Cl2N2O5S. The van der Waals surface area contributed by atoms with Crippen molar-refractivity contribution in [2.45, 2.75) is 19.1 Å². The van der Waals surface area contributed by atoms with Crippen LogP contribution in [0.2, 0.25) is 10.0 Å². The van der Waals surface area contributed by atoms with E-state index in [4.69, 9.17) is 37.2 Å². The molecular weight excluding hydrogens is 331 g/mol. The number of aromatic nitrogens is 1. The monoisotopic (exact) mass is 344 g/mol. The lowest BCUT2D eigenvalue weighted by molar-refractivity contribution is -0.0814. The summed E-state index contributed by atoms with van der Waals surface area (Å²) in [5.41, 5.74) is 0.351. The van der Waals surface area contributed by atoms with Crippen LogP contribution in [0.4, 0.5) is 0 Å². The highest BCUT2D eigenvalue weighted by molar-refractivity contribution is 7.83. The van der Waals surface area contributed by atoms with Gasteiger partial charge in [0.15, 0.2) is 0 Å². The highest BCUT2D eigenvalue weighted by Crippen LogP contribution is 2.33. The van der Waals surface area contributed by atoms with Crippen LogP contribution in [0.25, 0.3) is 0 Å². The molecule has 0 saturated carbocycles. The number of nitrogens with one attached hydrogen (secondary N) is 1. The van der Waals surface area contributed by atoms with E-state index in [-0.39, 0.29) is 16.8 Å². The fraction of sp³-hybridized carbons (Fsp3) is 0.500. The number of methoxy groups -OCH3 is 1. The molecule has 1 aromatic rings. The molecule has 20 heavy (non-hydrogen) atoms. The van der Waals surface area contributed by atoms with Crippen LogP contribution in [0.3, 0.4) is 0 Å². The fourth-order valence-electron chi connectivity index (χ4n) is 1.61. The smallest absolute Gasteiger partial charge is 0.333 e. The van der Waals surface area contributed by atoms with E-state index in [0.717, 1.165) is 0 Å². The maximum atomic E-state index is 10.9. The zero-order chi connectivity index (χ0) is 15.3. The maximum Gasteiger partial charge on any atom is 0.333 e. The normalized spacial score (nSPS) is 15.1. The summed E-state index contributed by atoms with van der Waals surface area (Å²) in [5, 5.41) is 0.421. The largest absolute Gasteiger partial charge is 0.359 e. The zero-order valence-corrected chi connectivity index (χ0v) is 13.0. The number of nitrogens with zero attached hydrogens (tertiary/aromatic N) is 1. The first-order valence-electron chi connectivity index (χ1n) is 5.40. The first kappa shape index (κ1) is 17.6. The van der Waals surface area contributed by atoms with Gasteiger partial charge in [0.2, 0.25) is 0 Å². The van der Waals surface area contributed by atoms with Crippen LogP contribution < -0.4 is 4.72 Å². The molecule has 0 saturated heterocycles. The minimum atomic E-state index is -4.40. The van der Waals surface area contributed by atoms with Crippen molar-refractivity contribution in [1.82, 2.24) is 9.71 Å². The molecule has 0 aliphatic heterocycles. The molecule has 1 rings (SSSR count). The number of rotatable bonds is 7. The Hall–Kier alpha value is -0.480. The minimum absolute atomic E-state index is 0.114. The lowest BCUT2D eigenvalue weighted by Crippen LogP contribution is -2.38. The topological polar surface area (TPSA) is 97.8 Å². The Kier molecular flexibility index (Phi) is 6.59. The van der Waals surface area contributed by atoms with Crippen LogP contribution in [0.15, 0.2) is 12.4 Å². The Morgan fingerprint density at radius 1 is 1.40 bits per heavy atom. The van der Waals surface area contributed by atoms with Gasteiger partial charge in [0.25, 0.3) is 0 Å². The van der Waals surface area contributed by atoms with Crippen molar-refractivity contribution < 1.29 is 22.4 Å². The van der Waals surface area contributed by atoms with Gasteiger partial charge in [0, 0.05) is 25.1 Å². The molecule has 0 fully saturated rings. The van der Waals surface area contributed by atoms with Crippen molar-refractivity contribution in [2.75, 3.05) is 13.9 Å². The second-order valence-corrected chi connectivity index (χ2v) is 5.89. The van der Waals surface area contributed by atoms with Crippen LogP contribution in [-0.2, 0) is 19.8 Å². The Bertz CT molecular complexity index is 534. The molecule has 0 aliphatic carbocycles. The SMILES string of the molecule is COCO[C@H](c1c(Cl)cncc1Cl)[C@@H](C)NS(=O)(=O)O. The Morgan fingerprint density at radius 3 is 2.40 bits per heavy atom. The highest BCUT2D eigenvalue weighted by Gasteiger charge is 2.27. The molecule has 1 heterocycles. The van der Waals surface area contributed by atoms with E-state index in [1.54, 1.807) is 0 Å². The summed E-state index contributed by atoms with van der Waals surface area (Å²) in [7, 11) is -2.99. The quantitative estimate of drug-likeness (QED) is 0.578. The lowest BCUT2D eigenvalue weighted by Gasteiger charge is -2.25. The van der Waals surface area contributed by atoms with Crippen LogP contribution in [0.1, 0.15) is 18.6 Å². The van der Waals surface area contributed by atoms with Crippen molar-refractivity contribution in [2.24, 2.45) is 0 Å². The van der Waals surface area contributed by atoms with Gasteiger partial charge in [-0.25, -0.2) is 0 Å². The van der Waals surface area contributed by atoms with Gasteiger partial charge < -0.3 is 9.47 Å². The van der Waals surface area contributed by atoms with Crippen molar-refractivity contribution in [3.8, 4) is 0 Å². The molecule has 1 aromatic heterocycles. The Morgan fingerprint density at radius 2 is 1.95 bits per heavy atom. The molecule has 0 bridgehead atoms. The standard InChI is InChI=1S/C10H14Cl2N2O5S/c1-6(14-20(15,16)17)10(19-5-18-2)9-7(11)3-13-4-8(9)12/h3-4,6,10,14H,5H2,1-2H3,(H,15,16,17)/t6-,10+/m1/s1. The molecule has 0 aliphatic rings. The summed E-state index contributed by atoms with van der Waals surface area (Å²) < 4.78 is 42.8. The predicted octanol–water partition coefficient (Wildman–Crippen LogP) is 1.83. The molecule has 0 spiro atoms. The number of hydrogen-bond donors (Lipinski definition) is 2. The van der Waals surface area contributed by atoms with E-state index in [2.05, 4.69) is 4.98 Å². The highest BCUT2D eigenvalue weighted by atomic mass is 35.5. The van der Waals surface area contributed by atoms with Gasteiger partial charge in [-0.15, -0.1) is 0 Å². The second-order valence-electron chi connectivity index (χ2n) is 3.89. The average molecular weight is 345 g/mol. The van der Waals surface area contributed by atoms with Gasteiger partial charge in [-0.1, -0.05) is 23.2 Å². The lowest BCUT2D eigenvalue weighted by atomic mass is 10.1. The maximum absolute atomic E-state index is 10.9. The van der Waals surface area contributed by atoms with Crippen LogP contribution in [0, 0.1) is 0 Å². The molecule has 7 nitrogen and oxygen atoms in total. The van der Waals surface area contributed by atoms with Crippen molar-refractivity contribution >= 4 is 33.5 Å². The van der Waals surface area contributed by atoms with Gasteiger partial charge in [-0.3, -0.25) is 9.54 Å². The molecule has 0 amide bonds. The molecule has 0 radical (unpaired) electrons. The molecule has 10 heteroatoms. The summed E-state index contributed by atoms with van der Waals surface area (Å²) in [4.78, 5) is 3.80. The Balaban J connectivity index is 3.11. The van der Waals surface area contributed by atoms with E-state index in [1.807, 2.05) is 4.72 Å². The number of halogens is 2. The third kappa shape index (κ3) is 5.13. The molecule has 2 atom stereocenters. The average Bonchev–Trinajstić information content (AvgIpc) is 2.30. The van der Waals surface area contributed by atoms with E-state index >= 15 is 0 Å². The summed E-state index contributed by atoms with van der Waals surface area (Å²) in [5.74, 6) is 0. The van der Waals surface area contributed by atoms with Crippen LogP contribution >= 0.6 is 23.2 Å². The first-order chi connectivity index (χ1) is 9.26. The third-order valence-electron chi connectivity index (χ3n) is 2.33. The zero-order valence-electron chi connectivity index (χ0n) is 10.7.